The van der Waals surface area contributed by atoms with E-state index in [1.165, 1.54) is 0 Å². The average molecular weight is 505 g/mol. The van der Waals surface area contributed by atoms with Crippen molar-refractivity contribution in [2.75, 3.05) is 11.9 Å². The Bertz CT molecular complexity index is 1240. The molecule has 3 amide bonds. The van der Waals surface area contributed by atoms with Gasteiger partial charge in [-0.3, -0.25) is 30.6 Å². The second kappa shape index (κ2) is 12.5. The molecule has 4 N–H and O–H groups in total. The summed E-state index contributed by atoms with van der Waals surface area (Å²) in [5.41, 5.74) is 7.75. The van der Waals surface area contributed by atoms with Gasteiger partial charge in [-0.05, 0) is 85.7 Å². The van der Waals surface area contributed by atoms with Crippen LogP contribution in [0, 0.1) is 12.8 Å². The number of ether oxygens (including phenoxy) is 1. The summed E-state index contributed by atoms with van der Waals surface area (Å²) in [6.07, 6.45) is 0. The van der Waals surface area contributed by atoms with E-state index in [0.29, 0.717) is 40.7 Å². The number of thiocarbonyl (C=S) groups is 1. The van der Waals surface area contributed by atoms with Crippen molar-refractivity contribution in [1.29, 1.82) is 0 Å². The van der Waals surface area contributed by atoms with Gasteiger partial charge in [-0.1, -0.05) is 31.5 Å². The summed E-state index contributed by atoms with van der Waals surface area (Å²) in [5, 5.41) is 5.23. The molecule has 0 aliphatic heterocycles. The van der Waals surface area contributed by atoms with E-state index in [4.69, 9.17) is 17.0 Å². The number of carbonyl (C=O) groups excluding carboxylic acids is 3. The van der Waals surface area contributed by atoms with E-state index in [9.17, 15) is 14.4 Å². The normalized spacial score (nSPS) is 10.3. The number of carbonyl (C=O) groups is 3. The lowest BCUT2D eigenvalue weighted by atomic mass is 10.1. The minimum absolute atomic E-state index is 0.0597. The van der Waals surface area contributed by atoms with Crippen LogP contribution in [-0.4, -0.2) is 29.4 Å². The minimum atomic E-state index is -0.463. The van der Waals surface area contributed by atoms with Gasteiger partial charge < -0.3 is 10.1 Å². The van der Waals surface area contributed by atoms with Gasteiger partial charge in [0.05, 0.1) is 6.61 Å². The molecule has 3 aromatic carbocycles. The molecule has 0 fully saturated rings. The molecular weight excluding hydrogens is 476 g/mol. The van der Waals surface area contributed by atoms with Crippen LogP contribution in [0.4, 0.5) is 5.69 Å². The summed E-state index contributed by atoms with van der Waals surface area (Å²) in [6.45, 7) is 6.61. The third-order valence-corrected chi connectivity index (χ3v) is 5.11. The molecule has 0 bridgehead atoms. The van der Waals surface area contributed by atoms with Gasteiger partial charge in [0.1, 0.15) is 5.75 Å². The van der Waals surface area contributed by atoms with Crippen LogP contribution in [-0.2, 0) is 0 Å². The van der Waals surface area contributed by atoms with Gasteiger partial charge in [0.25, 0.3) is 17.7 Å². The van der Waals surface area contributed by atoms with Gasteiger partial charge in [0, 0.05) is 22.4 Å². The molecular formula is C27H28N4O4S. The van der Waals surface area contributed by atoms with E-state index in [-0.39, 0.29) is 11.0 Å². The first-order valence-electron chi connectivity index (χ1n) is 11.3. The van der Waals surface area contributed by atoms with Gasteiger partial charge in [-0.2, -0.15) is 0 Å². The molecule has 8 nitrogen and oxygen atoms in total. The zero-order valence-corrected chi connectivity index (χ0v) is 21.1. The van der Waals surface area contributed by atoms with Crippen molar-refractivity contribution in [2.45, 2.75) is 20.8 Å². The van der Waals surface area contributed by atoms with Crippen molar-refractivity contribution in [3.8, 4) is 5.75 Å². The van der Waals surface area contributed by atoms with Crippen molar-refractivity contribution >= 4 is 40.7 Å². The van der Waals surface area contributed by atoms with Crippen molar-refractivity contribution in [3.05, 3.63) is 95.1 Å². The number of hydrazine groups is 1. The van der Waals surface area contributed by atoms with Gasteiger partial charge >= 0.3 is 0 Å². The maximum Gasteiger partial charge on any atom is 0.269 e. The summed E-state index contributed by atoms with van der Waals surface area (Å²) >= 11 is 5.09. The first kappa shape index (κ1) is 26.4. The fraction of sp³-hybridized carbons (Fsp3) is 0.185. The van der Waals surface area contributed by atoms with Crippen LogP contribution in [0.5, 0.6) is 5.75 Å². The van der Waals surface area contributed by atoms with Crippen LogP contribution in [0.2, 0.25) is 0 Å². The number of amides is 3. The molecule has 0 heterocycles. The van der Waals surface area contributed by atoms with Gasteiger partial charge in [0.2, 0.25) is 0 Å². The maximum atomic E-state index is 12.4. The Kier molecular flexibility index (Phi) is 9.13. The Morgan fingerprint density at radius 1 is 0.806 bits per heavy atom. The largest absolute Gasteiger partial charge is 0.493 e. The lowest BCUT2D eigenvalue weighted by Gasteiger charge is -2.12. The molecule has 36 heavy (non-hydrogen) atoms. The van der Waals surface area contributed by atoms with Gasteiger partial charge in [0.15, 0.2) is 5.11 Å². The van der Waals surface area contributed by atoms with E-state index in [1.807, 2.05) is 19.1 Å². The molecule has 0 aliphatic carbocycles. The smallest absolute Gasteiger partial charge is 0.269 e. The molecule has 3 aromatic rings. The molecule has 0 aromatic heterocycles. The Morgan fingerprint density at radius 2 is 1.44 bits per heavy atom. The highest BCUT2D eigenvalue weighted by molar-refractivity contribution is 7.80. The second-order valence-electron chi connectivity index (χ2n) is 8.49. The number of nitrogens with one attached hydrogen (secondary N) is 4. The summed E-state index contributed by atoms with van der Waals surface area (Å²) in [5.74, 6) is -0.0551. The fourth-order valence-corrected chi connectivity index (χ4v) is 3.20. The molecule has 0 radical (unpaired) electrons. The number of anilines is 1. The second-order valence-corrected chi connectivity index (χ2v) is 8.90. The molecule has 0 saturated carbocycles. The van der Waals surface area contributed by atoms with E-state index in [2.05, 4.69) is 35.3 Å². The lowest BCUT2D eigenvalue weighted by Crippen LogP contribution is -2.48. The Hall–Kier alpha value is -4.24. The van der Waals surface area contributed by atoms with Gasteiger partial charge in [-0.25, -0.2) is 0 Å². The summed E-state index contributed by atoms with van der Waals surface area (Å²) in [6, 6.07) is 20.3. The van der Waals surface area contributed by atoms with Crippen LogP contribution in [0.1, 0.15) is 50.5 Å². The first-order valence-corrected chi connectivity index (χ1v) is 11.7. The third kappa shape index (κ3) is 7.92. The van der Waals surface area contributed by atoms with Gasteiger partial charge in [-0.15, -0.1) is 0 Å². The van der Waals surface area contributed by atoms with Crippen LogP contribution >= 0.6 is 12.2 Å². The fourth-order valence-electron chi connectivity index (χ4n) is 3.05. The highest BCUT2D eigenvalue weighted by atomic mass is 32.1. The van der Waals surface area contributed by atoms with Crippen LogP contribution in [0.15, 0.2) is 72.8 Å². The predicted molar refractivity (Wildman–Crippen MR) is 143 cm³/mol. The van der Waals surface area contributed by atoms with Crippen LogP contribution in [0.25, 0.3) is 0 Å². The van der Waals surface area contributed by atoms with E-state index < -0.39 is 11.8 Å². The van der Waals surface area contributed by atoms with Crippen molar-refractivity contribution in [1.82, 2.24) is 16.2 Å². The number of rotatable bonds is 7. The summed E-state index contributed by atoms with van der Waals surface area (Å²) < 4.78 is 5.60. The van der Waals surface area contributed by atoms with E-state index >= 15 is 0 Å². The molecule has 9 heteroatoms. The Balaban J connectivity index is 1.46. The number of hydrogen-bond acceptors (Lipinski definition) is 5. The summed E-state index contributed by atoms with van der Waals surface area (Å²) in [7, 11) is 0. The lowest BCUT2D eigenvalue weighted by molar-refractivity contribution is 0.0934. The van der Waals surface area contributed by atoms with E-state index in [0.717, 1.165) is 5.56 Å². The minimum Gasteiger partial charge on any atom is -0.493 e. The quantitative estimate of drug-likeness (QED) is 0.283. The average Bonchev–Trinajstić information content (AvgIpc) is 2.86. The highest BCUT2D eigenvalue weighted by Crippen LogP contribution is 2.14. The molecule has 0 unspecified atom stereocenters. The number of aryl methyl sites for hydroxylation is 1. The van der Waals surface area contributed by atoms with Crippen molar-refractivity contribution in [3.63, 3.8) is 0 Å². The predicted octanol–water partition coefficient (Wildman–Crippen LogP) is 4.23. The number of hydrogen-bond donors (Lipinski definition) is 4. The van der Waals surface area contributed by atoms with Crippen molar-refractivity contribution in [2.24, 2.45) is 5.92 Å². The monoisotopic (exact) mass is 504 g/mol. The van der Waals surface area contributed by atoms with Crippen LogP contribution < -0.4 is 26.2 Å². The van der Waals surface area contributed by atoms with E-state index in [1.54, 1.807) is 60.7 Å². The molecule has 0 saturated heterocycles. The SMILES string of the molecule is Cc1cccc(C(=O)Nc2ccc(C(=O)NNC(=S)NC(=O)c3ccc(OCC(C)C)cc3)cc2)c1. The molecule has 3 rings (SSSR count). The molecule has 0 atom stereocenters. The zero-order valence-electron chi connectivity index (χ0n) is 20.3. The Labute approximate surface area is 215 Å². The van der Waals surface area contributed by atoms with Crippen LogP contribution in [0.3, 0.4) is 0 Å². The standard InChI is InChI=1S/C27H28N4O4S/c1-17(2)16-35-23-13-9-19(10-14-23)24(32)29-27(36)31-30-26(34)20-7-11-22(12-8-20)28-25(33)21-6-4-5-18(3)15-21/h4-15,17H,16H2,1-3H3,(H,28,33)(H,30,34)(H2,29,31,32,36). The molecule has 0 aliphatic rings. The van der Waals surface area contributed by atoms with Crippen molar-refractivity contribution < 1.29 is 19.1 Å². The number of benzene rings is 3. The molecule has 0 spiro atoms. The topological polar surface area (TPSA) is 109 Å². The summed E-state index contributed by atoms with van der Waals surface area (Å²) in [4.78, 5) is 37.1. The Morgan fingerprint density at radius 3 is 2.08 bits per heavy atom. The third-order valence-electron chi connectivity index (χ3n) is 4.90. The first-order chi connectivity index (χ1) is 17.2. The highest BCUT2D eigenvalue weighted by Gasteiger charge is 2.11. The maximum absolute atomic E-state index is 12.4. The molecule has 186 valence electrons. The zero-order chi connectivity index (χ0) is 26.1.